The Hall–Kier alpha value is -8.30. The summed E-state index contributed by atoms with van der Waals surface area (Å²) in [5.74, 6) is 0. The van der Waals surface area contributed by atoms with Crippen molar-refractivity contribution in [2.24, 2.45) is 0 Å². The van der Waals surface area contributed by atoms with Crippen molar-refractivity contribution in [3.8, 4) is 44.5 Å². The Labute approximate surface area is 407 Å². The fourth-order valence-corrected chi connectivity index (χ4v) is 16.0. The van der Waals surface area contributed by atoms with E-state index in [1.807, 2.05) is 0 Å². The van der Waals surface area contributed by atoms with Crippen LogP contribution in [-0.4, -0.2) is 8.07 Å². The number of nitrogens with zero attached hydrogens (tertiary/aromatic N) is 1. The molecule has 0 bridgehead atoms. The second-order valence-corrected chi connectivity index (χ2v) is 22.6. The number of benzene rings is 11. The fourth-order valence-electron chi connectivity index (χ4n) is 11.2. The van der Waals surface area contributed by atoms with Crippen molar-refractivity contribution in [2.75, 3.05) is 4.90 Å². The molecule has 0 aliphatic heterocycles. The summed E-state index contributed by atoms with van der Waals surface area (Å²) in [6.45, 7) is 4.71. The summed E-state index contributed by atoms with van der Waals surface area (Å²) < 4.78 is 0. The minimum atomic E-state index is -2.66. The first-order valence-electron chi connectivity index (χ1n) is 24.1. The van der Waals surface area contributed by atoms with E-state index in [9.17, 15) is 0 Å². The Morgan fingerprint density at radius 2 is 0.696 bits per heavy atom. The summed E-state index contributed by atoms with van der Waals surface area (Å²) in [6.07, 6.45) is 0. The van der Waals surface area contributed by atoms with E-state index in [0.29, 0.717) is 0 Å². The van der Waals surface area contributed by atoms with Crippen LogP contribution in [0.2, 0.25) is 0 Å². The van der Waals surface area contributed by atoms with Crippen LogP contribution in [0.25, 0.3) is 55.3 Å². The van der Waals surface area contributed by atoms with Gasteiger partial charge in [-0.1, -0.05) is 250 Å². The molecular weight excluding hydrogens is 847 g/mol. The molecule has 11 aromatic rings. The van der Waals surface area contributed by atoms with Crippen molar-refractivity contribution in [2.45, 2.75) is 19.3 Å². The first kappa shape index (κ1) is 42.1. The van der Waals surface area contributed by atoms with Gasteiger partial charge in [0.1, 0.15) is 0 Å². The molecule has 0 fully saturated rings. The highest BCUT2D eigenvalue weighted by Crippen LogP contribution is 2.50. The molecule has 0 spiro atoms. The van der Waals surface area contributed by atoms with Crippen molar-refractivity contribution in [1.29, 1.82) is 0 Å². The smallest absolute Gasteiger partial charge is 0.179 e. The van der Waals surface area contributed by atoms with Crippen molar-refractivity contribution in [3.05, 3.63) is 284 Å². The van der Waals surface area contributed by atoms with E-state index in [1.165, 1.54) is 87.2 Å². The van der Waals surface area contributed by atoms with Gasteiger partial charge in [0.05, 0.1) is 5.69 Å². The van der Waals surface area contributed by atoms with E-state index in [1.54, 1.807) is 0 Å². The Kier molecular flexibility index (Phi) is 10.6. The second kappa shape index (κ2) is 17.4. The highest BCUT2D eigenvalue weighted by Gasteiger charge is 2.41. The Morgan fingerprint density at radius 3 is 1.28 bits per heavy atom. The summed E-state index contributed by atoms with van der Waals surface area (Å²) in [4.78, 5) is 2.43. The third kappa shape index (κ3) is 7.24. The first-order chi connectivity index (χ1) is 34.0. The van der Waals surface area contributed by atoms with Gasteiger partial charge in [-0.15, -0.1) is 0 Å². The van der Waals surface area contributed by atoms with Crippen LogP contribution in [0.4, 0.5) is 17.1 Å². The van der Waals surface area contributed by atoms with Crippen molar-refractivity contribution in [3.63, 3.8) is 0 Å². The van der Waals surface area contributed by atoms with Gasteiger partial charge >= 0.3 is 0 Å². The lowest BCUT2D eigenvalue weighted by Gasteiger charge is -2.34. The first-order valence-corrected chi connectivity index (χ1v) is 26.1. The van der Waals surface area contributed by atoms with Gasteiger partial charge in [-0.25, -0.2) is 0 Å². The van der Waals surface area contributed by atoms with Crippen LogP contribution in [-0.2, 0) is 5.41 Å². The molecule has 69 heavy (non-hydrogen) atoms. The summed E-state index contributed by atoms with van der Waals surface area (Å²) in [5.41, 5.74) is 16.0. The zero-order valence-electron chi connectivity index (χ0n) is 38.9. The lowest BCUT2D eigenvalue weighted by molar-refractivity contribution is 0.660. The maximum absolute atomic E-state index is 2.66. The monoisotopic (exact) mass is 897 g/mol. The molecule has 0 saturated carbocycles. The summed E-state index contributed by atoms with van der Waals surface area (Å²) in [5, 5.41) is 7.88. The number of hydrogen-bond acceptors (Lipinski definition) is 1. The quantitative estimate of drug-likeness (QED) is 0.0976. The normalized spacial score (nSPS) is 12.6. The molecule has 0 unspecified atom stereocenters. The van der Waals surface area contributed by atoms with Crippen molar-refractivity contribution < 1.29 is 0 Å². The lowest BCUT2D eigenvalue weighted by Crippen LogP contribution is -2.74. The lowest BCUT2D eigenvalue weighted by atomic mass is 9.81. The maximum atomic E-state index is 2.43. The van der Waals surface area contributed by atoms with Crippen LogP contribution in [0.1, 0.15) is 25.0 Å². The standard InChI is InChI=1S/C67H51NSi/c1-67(2)64-30-18-17-28-61(64)62-44-37-52(47-65(62)67)50-33-40-54(41-34-50)68(53-38-31-49(32-39-53)48-19-7-3-8-20-48)66-46-45-59(60-27-15-16-29-63(60)66)51-35-42-58(43-36-51)69(55-21-9-4-10-22-55,56-23-11-5-12-24-56)57-25-13-6-14-26-57/h3-47H,1-2H3. The molecule has 0 atom stereocenters. The number of hydrogen-bond donors (Lipinski definition) is 0. The van der Waals surface area contributed by atoms with Crippen LogP contribution in [0.15, 0.2) is 273 Å². The van der Waals surface area contributed by atoms with Gasteiger partial charge in [0.25, 0.3) is 0 Å². The molecule has 0 N–H and O–H groups in total. The Bertz CT molecular complexity index is 3490. The Balaban J connectivity index is 0.959. The van der Waals surface area contributed by atoms with E-state index in [2.05, 4.69) is 292 Å². The molecule has 0 aromatic heterocycles. The predicted molar refractivity (Wildman–Crippen MR) is 296 cm³/mol. The van der Waals surface area contributed by atoms with E-state index in [-0.39, 0.29) is 5.41 Å². The maximum Gasteiger partial charge on any atom is 0.179 e. The summed E-state index contributed by atoms with van der Waals surface area (Å²) in [7, 11) is -2.66. The van der Waals surface area contributed by atoms with Gasteiger partial charge in [-0.2, -0.15) is 0 Å². The minimum Gasteiger partial charge on any atom is -0.310 e. The number of rotatable bonds is 10. The number of anilines is 3. The average molecular weight is 898 g/mol. The van der Waals surface area contributed by atoms with E-state index >= 15 is 0 Å². The minimum absolute atomic E-state index is 0.0569. The van der Waals surface area contributed by atoms with Crippen LogP contribution < -0.4 is 25.6 Å². The van der Waals surface area contributed by atoms with Crippen LogP contribution in [0.3, 0.4) is 0 Å². The van der Waals surface area contributed by atoms with Gasteiger partial charge in [-0.05, 0) is 118 Å². The molecule has 0 heterocycles. The molecule has 0 saturated heterocycles. The predicted octanol–water partition coefficient (Wildman–Crippen LogP) is 15.0. The largest absolute Gasteiger partial charge is 0.310 e. The molecule has 1 nitrogen and oxygen atoms in total. The molecule has 1 aliphatic carbocycles. The molecular formula is C67H51NSi. The summed E-state index contributed by atoms with van der Waals surface area (Å²) in [6, 6.07) is 101. The molecule has 12 rings (SSSR count). The fraction of sp³-hybridized carbons (Fsp3) is 0.0448. The van der Waals surface area contributed by atoms with Gasteiger partial charge in [0.15, 0.2) is 8.07 Å². The molecule has 0 amide bonds. The van der Waals surface area contributed by atoms with E-state index in [0.717, 1.165) is 17.1 Å². The second-order valence-electron chi connectivity index (χ2n) is 18.8. The molecule has 328 valence electrons. The van der Waals surface area contributed by atoms with E-state index in [4.69, 9.17) is 0 Å². The van der Waals surface area contributed by atoms with Crippen LogP contribution in [0.5, 0.6) is 0 Å². The molecule has 2 heteroatoms. The average Bonchev–Trinajstić information content (AvgIpc) is 3.65. The van der Waals surface area contributed by atoms with Gasteiger partial charge in [0.2, 0.25) is 0 Å². The highest BCUT2D eigenvalue weighted by molar-refractivity contribution is 7.19. The Morgan fingerprint density at radius 1 is 0.290 bits per heavy atom. The third-order valence-electron chi connectivity index (χ3n) is 14.7. The molecule has 1 aliphatic rings. The molecule has 11 aromatic carbocycles. The molecule has 0 radical (unpaired) electrons. The van der Waals surface area contributed by atoms with Gasteiger partial charge in [-0.3, -0.25) is 0 Å². The van der Waals surface area contributed by atoms with Gasteiger partial charge < -0.3 is 4.90 Å². The SMILES string of the molecule is CC1(C)c2ccccc2-c2ccc(-c3ccc(N(c4ccc(-c5ccccc5)cc4)c4ccc(-c5ccc([Si](c6ccccc6)(c6ccccc6)c6ccccc6)cc5)c5ccccc45)cc3)cc21. The van der Waals surface area contributed by atoms with E-state index < -0.39 is 8.07 Å². The highest BCUT2D eigenvalue weighted by atomic mass is 28.3. The van der Waals surface area contributed by atoms with Crippen LogP contribution >= 0.6 is 0 Å². The van der Waals surface area contributed by atoms with Crippen molar-refractivity contribution in [1.82, 2.24) is 0 Å². The zero-order valence-corrected chi connectivity index (χ0v) is 39.9. The third-order valence-corrected chi connectivity index (χ3v) is 19.5. The van der Waals surface area contributed by atoms with Crippen LogP contribution in [0, 0.1) is 0 Å². The zero-order chi connectivity index (χ0) is 46.4. The summed E-state index contributed by atoms with van der Waals surface area (Å²) >= 11 is 0. The van der Waals surface area contributed by atoms with Crippen molar-refractivity contribution >= 4 is 56.7 Å². The topological polar surface area (TPSA) is 3.24 Å². The number of fused-ring (bicyclic) bond motifs is 4. The van der Waals surface area contributed by atoms with Gasteiger partial charge in [0, 0.05) is 22.2 Å².